The average Bonchev–Trinajstić information content (AvgIpc) is 2.54. The fourth-order valence-electron chi connectivity index (χ4n) is 1.73. The van der Waals surface area contributed by atoms with E-state index in [-0.39, 0.29) is 18.1 Å². The lowest BCUT2D eigenvalue weighted by atomic mass is 10.2. The van der Waals surface area contributed by atoms with Crippen molar-refractivity contribution in [2.75, 3.05) is 5.32 Å². The van der Waals surface area contributed by atoms with Crippen molar-refractivity contribution in [1.82, 2.24) is 10.6 Å². The van der Waals surface area contributed by atoms with Crippen LogP contribution in [-0.4, -0.2) is 40.8 Å². The first-order valence-corrected chi connectivity index (χ1v) is 7.53. The van der Waals surface area contributed by atoms with E-state index in [4.69, 9.17) is 5.73 Å². The van der Waals surface area contributed by atoms with Crippen LogP contribution < -0.4 is 21.7 Å². The monoisotopic (exact) mass is 387 g/mol. The Balaban J connectivity index is 0.00000625. The largest absolute Gasteiger partial charge is 0.343 e. The summed E-state index contributed by atoms with van der Waals surface area (Å²) >= 11 is 0. The summed E-state index contributed by atoms with van der Waals surface area (Å²) in [5.41, 5.74) is 5.66. The van der Waals surface area contributed by atoms with Gasteiger partial charge in [-0.05, 0) is 32.9 Å². The van der Waals surface area contributed by atoms with E-state index in [1.165, 1.54) is 45.0 Å². The Morgan fingerprint density at radius 2 is 1.42 bits per heavy atom. The minimum Gasteiger partial charge on any atom is -0.343 e. The van der Waals surface area contributed by atoms with Gasteiger partial charge in [-0.2, -0.15) is 0 Å². The summed E-state index contributed by atoms with van der Waals surface area (Å²) in [5.74, 6) is -1.53. The number of nitro benzene ring substituents is 1. The molecule has 3 amide bonds. The van der Waals surface area contributed by atoms with Gasteiger partial charge in [0.2, 0.25) is 17.7 Å². The zero-order chi connectivity index (χ0) is 19.1. The standard InChI is InChI=1S/C15H21N5O5.ClH/c1-8(16)13(21)17-9(2)14(22)18-10(3)15(23)19-11-4-6-12(7-5-11)20(24)25;/h4-10H,16H2,1-3H3,(H,17,21)(H,18,22)(H,19,23);1H/t8-,9-,10-;/m0./s1. The second-order valence-electron chi connectivity index (χ2n) is 5.54. The molecule has 0 aliphatic carbocycles. The normalized spacial score (nSPS) is 13.4. The van der Waals surface area contributed by atoms with Crippen molar-refractivity contribution in [1.29, 1.82) is 0 Å². The summed E-state index contributed by atoms with van der Waals surface area (Å²) in [4.78, 5) is 45.5. The Bertz CT molecular complexity index is 665. The van der Waals surface area contributed by atoms with Crippen LogP contribution in [0, 0.1) is 10.1 Å². The Labute approximate surface area is 156 Å². The second kappa shape index (κ2) is 10.3. The predicted molar refractivity (Wildman–Crippen MR) is 97.8 cm³/mol. The number of hydrogen-bond acceptors (Lipinski definition) is 6. The molecule has 0 spiro atoms. The number of hydrogen-bond donors (Lipinski definition) is 4. The van der Waals surface area contributed by atoms with Crippen LogP contribution in [0.2, 0.25) is 0 Å². The molecule has 0 aromatic heterocycles. The summed E-state index contributed by atoms with van der Waals surface area (Å²) in [6.45, 7) is 4.43. The van der Waals surface area contributed by atoms with E-state index >= 15 is 0 Å². The van der Waals surface area contributed by atoms with E-state index in [1.807, 2.05) is 0 Å². The quantitative estimate of drug-likeness (QED) is 0.389. The number of carbonyl (C=O) groups excluding carboxylic acids is 3. The average molecular weight is 388 g/mol. The van der Waals surface area contributed by atoms with Crippen molar-refractivity contribution in [3.05, 3.63) is 34.4 Å². The lowest BCUT2D eigenvalue weighted by Crippen LogP contribution is -2.52. The zero-order valence-electron chi connectivity index (χ0n) is 14.5. The number of amides is 3. The van der Waals surface area contributed by atoms with E-state index in [0.29, 0.717) is 5.69 Å². The highest BCUT2D eigenvalue weighted by Crippen LogP contribution is 2.15. The van der Waals surface area contributed by atoms with Gasteiger partial charge in [0.15, 0.2) is 0 Å². The fourth-order valence-corrected chi connectivity index (χ4v) is 1.73. The smallest absolute Gasteiger partial charge is 0.269 e. The molecule has 0 unspecified atom stereocenters. The number of nitrogens with two attached hydrogens (primary N) is 1. The number of rotatable bonds is 7. The van der Waals surface area contributed by atoms with Crippen molar-refractivity contribution < 1.29 is 19.3 Å². The van der Waals surface area contributed by atoms with Gasteiger partial charge in [0.05, 0.1) is 11.0 Å². The molecule has 0 saturated carbocycles. The number of non-ortho nitro benzene ring substituents is 1. The lowest BCUT2D eigenvalue weighted by Gasteiger charge is -2.19. The Hall–Kier alpha value is -2.72. The van der Waals surface area contributed by atoms with Gasteiger partial charge in [0, 0.05) is 17.8 Å². The summed E-state index contributed by atoms with van der Waals surface area (Å²) in [5, 5.41) is 18.0. The van der Waals surface area contributed by atoms with Gasteiger partial charge in [-0.25, -0.2) is 0 Å². The molecule has 0 saturated heterocycles. The summed E-state index contributed by atoms with van der Waals surface area (Å²) in [6, 6.07) is 2.80. The molecular weight excluding hydrogens is 366 g/mol. The molecule has 144 valence electrons. The molecule has 3 atom stereocenters. The van der Waals surface area contributed by atoms with Crippen LogP contribution in [0.25, 0.3) is 0 Å². The topological polar surface area (TPSA) is 156 Å². The Morgan fingerprint density at radius 1 is 0.962 bits per heavy atom. The zero-order valence-corrected chi connectivity index (χ0v) is 15.3. The SMILES string of the molecule is C[C@H](N)C(=O)N[C@@H](C)C(=O)N[C@@H](C)C(=O)Nc1ccc([N+](=O)[O-])cc1.Cl. The molecule has 1 aromatic carbocycles. The molecule has 0 bridgehead atoms. The number of nitrogens with zero attached hydrogens (tertiary/aromatic N) is 1. The number of carbonyl (C=O) groups is 3. The van der Waals surface area contributed by atoms with E-state index in [1.54, 1.807) is 0 Å². The molecule has 5 N–H and O–H groups in total. The minimum absolute atomic E-state index is 0. The van der Waals surface area contributed by atoms with E-state index in [2.05, 4.69) is 16.0 Å². The van der Waals surface area contributed by atoms with Crippen molar-refractivity contribution in [2.24, 2.45) is 5.73 Å². The minimum atomic E-state index is -0.877. The Kier molecular flexibility index (Phi) is 9.23. The summed E-state index contributed by atoms with van der Waals surface area (Å²) in [6.07, 6.45) is 0. The second-order valence-corrected chi connectivity index (χ2v) is 5.54. The van der Waals surface area contributed by atoms with Gasteiger partial charge < -0.3 is 21.7 Å². The van der Waals surface area contributed by atoms with Crippen LogP contribution in [0.5, 0.6) is 0 Å². The van der Waals surface area contributed by atoms with Crippen molar-refractivity contribution in [2.45, 2.75) is 38.9 Å². The van der Waals surface area contributed by atoms with Gasteiger partial charge in [-0.1, -0.05) is 0 Å². The molecule has 1 rings (SSSR count). The first-order valence-electron chi connectivity index (χ1n) is 7.53. The molecule has 0 aliphatic rings. The fraction of sp³-hybridized carbons (Fsp3) is 0.400. The van der Waals surface area contributed by atoms with Crippen molar-refractivity contribution in [3.8, 4) is 0 Å². The maximum absolute atomic E-state index is 12.1. The van der Waals surface area contributed by atoms with Gasteiger partial charge in [0.1, 0.15) is 12.1 Å². The van der Waals surface area contributed by atoms with Crippen LogP contribution in [0.4, 0.5) is 11.4 Å². The van der Waals surface area contributed by atoms with Crippen LogP contribution in [0.15, 0.2) is 24.3 Å². The van der Waals surface area contributed by atoms with Crippen molar-refractivity contribution >= 4 is 41.5 Å². The summed E-state index contributed by atoms with van der Waals surface area (Å²) in [7, 11) is 0. The van der Waals surface area contributed by atoms with Gasteiger partial charge >= 0.3 is 0 Å². The molecular formula is C15H22ClN5O5. The lowest BCUT2D eigenvalue weighted by molar-refractivity contribution is -0.384. The maximum atomic E-state index is 12.1. The molecule has 10 nitrogen and oxygen atoms in total. The predicted octanol–water partition coefficient (Wildman–Crippen LogP) is 0.312. The first kappa shape index (κ1) is 23.3. The number of nitrogens with one attached hydrogen (secondary N) is 3. The van der Waals surface area contributed by atoms with Crippen LogP contribution in [-0.2, 0) is 14.4 Å². The summed E-state index contributed by atoms with van der Waals surface area (Å²) < 4.78 is 0. The van der Waals surface area contributed by atoms with E-state index in [0.717, 1.165) is 0 Å². The van der Waals surface area contributed by atoms with Gasteiger partial charge in [-0.15, -0.1) is 12.4 Å². The highest BCUT2D eigenvalue weighted by Gasteiger charge is 2.22. The van der Waals surface area contributed by atoms with Gasteiger partial charge in [-0.3, -0.25) is 24.5 Å². The number of anilines is 1. The molecule has 11 heteroatoms. The highest BCUT2D eigenvalue weighted by atomic mass is 35.5. The highest BCUT2D eigenvalue weighted by molar-refractivity contribution is 5.98. The first-order chi connectivity index (χ1) is 11.6. The van der Waals surface area contributed by atoms with Gasteiger partial charge in [0.25, 0.3) is 5.69 Å². The molecule has 0 heterocycles. The maximum Gasteiger partial charge on any atom is 0.269 e. The molecule has 0 fully saturated rings. The van der Waals surface area contributed by atoms with Crippen LogP contribution in [0.1, 0.15) is 20.8 Å². The molecule has 0 aliphatic heterocycles. The number of benzene rings is 1. The van der Waals surface area contributed by atoms with E-state index in [9.17, 15) is 24.5 Å². The van der Waals surface area contributed by atoms with Crippen LogP contribution in [0.3, 0.4) is 0 Å². The van der Waals surface area contributed by atoms with E-state index < -0.39 is 40.8 Å². The Morgan fingerprint density at radius 3 is 1.88 bits per heavy atom. The molecule has 1 aromatic rings. The van der Waals surface area contributed by atoms with Crippen molar-refractivity contribution in [3.63, 3.8) is 0 Å². The molecule has 26 heavy (non-hydrogen) atoms. The van der Waals surface area contributed by atoms with Crippen LogP contribution >= 0.6 is 12.4 Å². The third-order valence-electron chi connectivity index (χ3n) is 3.26. The number of nitro groups is 1. The third-order valence-corrected chi connectivity index (χ3v) is 3.26. The number of halogens is 1. The molecule has 0 radical (unpaired) electrons. The third kappa shape index (κ3) is 7.03.